The van der Waals surface area contributed by atoms with Crippen LogP contribution in [0, 0.1) is 0 Å². The van der Waals surface area contributed by atoms with Crippen LogP contribution in [-0.4, -0.2) is 53.9 Å². The second-order valence-corrected chi connectivity index (χ2v) is 9.57. The number of carbonyl (C=O) groups excluding carboxylic acids is 1. The van der Waals surface area contributed by atoms with E-state index in [9.17, 15) is 4.79 Å². The number of benzene rings is 2. The van der Waals surface area contributed by atoms with E-state index in [1.807, 2.05) is 6.07 Å². The van der Waals surface area contributed by atoms with Gasteiger partial charge in [0.25, 0.3) is 0 Å². The Morgan fingerprint density at radius 2 is 1.74 bits per heavy atom. The highest BCUT2D eigenvalue weighted by Gasteiger charge is 2.13. The molecule has 2 heterocycles. The van der Waals surface area contributed by atoms with E-state index in [0.717, 1.165) is 63.1 Å². The van der Waals surface area contributed by atoms with E-state index in [1.54, 1.807) is 11.3 Å². The molecule has 0 aliphatic carbocycles. The highest BCUT2D eigenvalue weighted by molar-refractivity contribution is 7.18. The van der Waals surface area contributed by atoms with E-state index in [1.165, 1.54) is 15.3 Å². The second kappa shape index (κ2) is 10.8. The van der Waals surface area contributed by atoms with Crippen molar-refractivity contribution in [3.8, 4) is 0 Å². The number of hydrogen-bond acceptors (Lipinski definition) is 5. The molecular weight excluding hydrogens is 404 g/mol. The van der Waals surface area contributed by atoms with Crippen LogP contribution in [0.5, 0.6) is 0 Å². The molecule has 1 fully saturated rings. The van der Waals surface area contributed by atoms with Crippen molar-refractivity contribution in [2.45, 2.75) is 38.8 Å². The Morgan fingerprint density at radius 1 is 1.00 bits per heavy atom. The first-order chi connectivity index (χ1) is 15.2. The molecule has 1 N–H and O–H groups in total. The van der Waals surface area contributed by atoms with Gasteiger partial charge in [0.15, 0.2) is 0 Å². The summed E-state index contributed by atoms with van der Waals surface area (Å²) in [6, 6.07) is 16.9. The third-order valence-corrected chi connectivity index (χ3v) is 6.99. The van der Waals surface area contributed by atoms with Crippen LogP contribution < -0.4 is 5.32 Å². The molecule has 0 unspecified atom stereocenters. The zero-order valence-electron chi connectivity index (χ0n) is 18.3. The largest absolute Gasteiger partial charge is 0.352 e. The Kier molecular flexibility index (Phi) is 7.67. The van der Waals surface area contributed by atoms with Gasteiger partial charge in [-0.1, -0.05) is 36.4 Å². The average molecular weight is 437 g/mol. The Labute approximate surface area is 189 Å². The number of carbonyl (C=O) groups is 1. The number of aryl methyl sites for hydroxylation is 1. The number of hydrogen-bond donors (Lipinski definition) is 1. The molecule has 1 amide bonds. The van der Waals surface area contributed by atoms with E-state index in [0.29, 0.717) is 13.0 Å². The SMILES string of the molecule is CN1CCN(Cc2ccc(CNC(=O)CCCCc3nc4ccccc4s3)cc2)CC1. The van der Waals surface area contributed by atoms with Crippen LogP contribution in [-0.2, 0) is 24.3 Å². The van der Waals surface area contributed by atoms with Crippen molar-refractivity contribution < 1.29 is 4.79 Å². The van der Waals surface area contributed by atoms with Gasteiger partial charge in [-0.2, -0.15) is 0 Å². The minimum atomic E-state index is 0.130. The molecule has 164 valence electrons. The average Bonchev–Trinajstić information content (AvgIpc) is 3.21. The number of piperazine rings is 1. The number of thiazole rings is 1. The molecule has 1 aliphatic heterocycles. The van der Waals surface area contributed by atoms with E-state index < -0.39 is 0 Å². The summed E-state index contributed by atoms with van der Waals surface area (Å²) >= 11 is 1.76. The summed E-state index contributed by atoms with van der Waals surface area (Å²) in [6.45, 7) is 6.16. The summed E-state index contributed by atoms with van der Waals surface area (Å²) < 4.78 is 1.24. The molecule has 4 rings (SSSR count). The van der Waals surface area contributed by atoms with Gasteiger partial charge in [-0.15, -0.1) is 11.3 Å². The van der Waals surface area contributed by atoms with Gasteiger partial charge < -0.3 is 10.2 Å². The van der Waals surface area contributed by atoms with Crippen molar-refractivity contribution in [2.75, 3.05) is 33.2 Å². The van der Waals surface area contributed by atoms with Gasteiger partial charge in [-0.25, -0.2) is 4.98 Å². The predicted molar refractivity (Wildman–Crippen MR) is 128 cm³/mol. The molecule has 1 aromatic heterocycles. The van der Waals surface area contributed by atoms with Gasteiger partial charge in [0.05, 0.1) is 15.2 Å². The first kappa shape index (κ1) is 21.9. The van der Waals surface area contributed by atoms with Crippen LogP contribution in [0.25, 0.3) is 10.2 Å². The standard InChI is InChI=1S/C25H32N4OS/c1-28-14-16-29(17-15-28)19-21-12-10-20(11-13-21)18-26-24(30)8-4-5-9-25-27-22-6-2-3-7-23(22)31-25/h2-3,6-7,10-13H,4-5,8-9,14-19H2,1H3,(H,26,30). The zero-order chi connectivity index (χ0) is 21.5. The van der Waals surface area contributed by atoms with Crippen LogP contribution in [0.3, 0.4) is 0 Å². The minimum absolute atomic E-state index is 0.130. The van der Waals surface area contributed by atoms with Crippen molar-refractivity contribution in [2.24, 2.45) is 0 Å². The van der Waals surface area contributed by atoms with Crippen LogP contribution in [0.15, 0.2) is 48.5 Å². The van der Waals surface area contributed by atoms with Crippen molar-refractivity contribution in [1.82, 2.24) is 20.1 Å². The van der Waals surface area contributed by atoms with Gasteiger partial charge in [0, 0.05) is 45.7 Å². The smallest absolute Gasteiger partial charge is 0.220 e. The van der Waals surface area contributed by atoms with E-state index in [4.69, 9.17) is 0 Å². The molecule has 5 nitrogen and oxygen atoms in total. The van der Waals surface area contributed by atoms with Gasteiger partial charge >= 0.3 is 0 Å². The number of unbranched alkanes of at least 4 members (excludes halogenated alkanes) is 1. The molecule has 3 aromatic rings. The van der Waals surface area contributed by atoms with Crippen molar-refractivity contribution >= 4 is 27.5 Å². The maximum Gasteiger partial charge on any atom is 0.220 e. The zero-order valence-corrected chi connectivity index (χ0v) is 19.2. The topological polar surface area (TPSA) is 48.5 Å². The highest BCUT2D eigenvalue weighted by atomic mass is 32.1. The second-order valence-electron chi connectivity index (χ2n) is 8.46. The summed E-state index contributed by atoms with van der Waals surface area (Å²) in [5.74, 6) is 0.130. The summed E-state index contributed by atoms with van der Waals surface area (Å²) in [6.07, 6.45) is 3.41. The lowest BCUT2D eigenvalue weighted by Crippen LogP contribution is -2.43. The van der Waals surface area contributed by atoms with Gasteiger partial charge in [0.2, 0.25) is 5.91 Å². The van der Waals surface area contributed by atoms with E-state index >= 15 is 0 Å². The predicted octanol–water partition coefficient (Wildman–Crippen LogP) is 4.07. The number of rotatable bonds is 9. The van der Waals surface area contributed by atoms with E-state index in [2.05, 4.69) is 69.6 Å². The maximum absolute atomic E-state index is 12.2. The maximum atomic E-state index is 12.2. The van der Waals surface area contributed by atoms with Crippen LogP contribution in [0.1, 0.15) is 35.4 Å². The summed E-state index contributed by atoms with van der Waals surface area (Å²) in [5.41, 5.74) is 3.58. The van der Waals surface area contributed by atoms with Crippen LogP contribution in [0.4, 0.5) is 0 Å². The van der Waals surface area contributed by atoms with Crippen molar-refractivity contribution in [3.05, 3.63) is 64.7 Å². The first-order valence-electron chi connectivity index (χ1n) is 11.3. The fraction of sp³-hybridized carbons (Fsp3) is 0.440. The Hall–Kier alpha value is -2.28. The lowest BCUT2D eigenvalue weighted by molar-refractivity contribution is -0.121. The molecule has 0 spiro atoms. The number of likely N-dealkylation sites (N-methyl/N-ethyl adjacent to an activating group) is 1. The van der Waals surface area contributed by atoms with Gasteiger partial charge in [-0.3, -0.25) is 9.69 Å². The number of fused-ring (bicyclic) bond motifs is 1. The summed E-state index contributed by atoms with van der Waals surface area (Å²) in [5, 5.41) is 4.22. The van der Waals surface area contributed by atoms with Crippen molar-refractivity contribution in [3.63, 3.8) is 0 Å². The van der Waals surface area contributed by atoms with Crippen LogP contribution in [0.2, 0.25) is 0 Å². The molecule has 1 saturated heterocycles. The normalized spacial score (nSPS) is 15.4. The summed E-state index contributed by atoms with van der Waals surface area (Å²) in [4.78, 5) is 21.7. The number of nitrogens with one attached hydrogen (secondary N) is 1. The molecule has 2 aromatic carbocycles. The lowest BCUT2D eigenvalue weighted by Gasteiger charge is -2.32. The molecule has 1 aliphatic rings. The fourth-order valence-corrected chi connectivity index (χ4v) is 4.91. The minimum Gasteiger partial charge on any atom is -0.352 e. The lowest BCUT2D eigenvalue weighted by atomic mass is 10.1. The molecule has 6 heteroatoms. The monoisotopic (exact) mass is 436 g/mol. The quantitative estimate of drug-likeness (QED) is 0.514. The molecule has 0 radical (unpaired) electrons. The first-order valence-corrected chi connectivity index (χ1v) is 12.1. The fourth-order valence-electron chi connectivity index (χ4n) is 3.90. The summed E-state index contributed by atoms with van der Waals surface area (Å²) in [7, 11) is 2.18. The number of amides is 1. The Balaban J connectivity index is 1.12. The molecule has 0 bridgehead atoms. The van der Waals surface area contributed by atoms with Gasteiger partial charge in [-0.05, 0) is 49.6 Å². The molecule has 0 saturated carbocycles. The Bertz CT molecular complexity index is 944. The van der Waals surface area contributed by atoms with E-state index in [-0.39, 0.29) is 5.91 Å². The molecule has 0 atom stereocenters. The third kappa shape index (κ3) is 6.60. The molecular formula is C25H32N4OS. The van der Waals surface area contributed by atoms with Gasteiger partial charge in [0.1, 0.15) is 0 Å². The van der Waals surface area contributed by atoms with Crippen LogP contribution >= 0.6 is 11.3 Å². The Morgan fingerprint density at radius 3 is 2.52 bits per heavy atom. The third-order valence-electron chi connectivity index (χ3n) is 5.90. The number of aromatic nitrogens is 1. The molecule has 31 heavy (non-hydrogen) atoms. The van der Waals surface area contributed by atoms with Crippen molar-refractivity contribution in [1.29, 1.82) is 0 Å². The number of para-hydroxylation sites is 1. The highest BCUT2D eigenvalue weighted by Crippen LogP contribution is 2.22. The number of nitrogens with zero attached hydrogens (tertiary/aromatic N) is 3.